The first kappa shape index (κ1) is 8.16. The van der Waals surface area contributed by atoms with Gasteiger partial charge in [0.25, 0.3) is 0 Å². The molecule has 2 heteroatoms. The van der Waals surface area contributed by atoms with Crippen LogP contribution >= 0.6 is 0 Å². The van der Waals surface area contributed by atoms with Crippen LogP contribution in [0.4, 0.5) is 4.39 Å². The second-order valence-electron chi connectivity index (χ2n) is 4.46. The van der Waals surface area contributed by atoms with Crippen LogP contribution < -0.4 is 0 Å². The van der Waals surface area contributed by atoms with E-state index in [9.17, 15) is 9.18 Å². The van der Waals surface area contributed by atoms with Gasteiger partial charge in [-0.1, -0.05) is 18.2 Å². The minimum atomic E-state index is -0.435. The van der Waals surface area contributed by atoms with Gasteiger partial charge in [-0.15, -0.1) is 0 Å². The number of hydrogen-bond acceptors (Lipinski definition) is 1. The maximum absolute atomic E-state index is 13.5. The van der Waals surface area contributed by atoms with E-state index in [-0.39, 0.29) is 11.6 Å². The second-order valence-corrected chi connectivity index (χ2v) is 4.46. The lowest BCUT2D eigenvalue weighted by Crippen LogP contribution is -2.37. The van der Waals surface area contributed by atoms with E-state index in [2.05, 4.69) is 0 Å². The highest BCUT2D eigenvalue weighted by Crippen LogP contribution is 2.57. The van der Waals surface area contributed by atoms with Crippen molar-refractivity contribution in [2.45, 2.75) is 24.7 Å². The predicted octanol–water partition coefficient (Wildman–Crippen LogP) is 2.45. The highest BCUT2D eigenvalue weighted by molar-refractivity contribution is 5.95. The number of halogens is 1. The highest BCUT2D eigenvalue weighted by Gasteiger charge is 2.58. The molecule has 3 aliphatic rings. The van der Waals surface area contributed by atoms with Crippen molar-refractivity contribution >= 4 is 5.78 Å². The van der Waals surface area contributed by atoms with E-state index in [1.165, 1.54) is 6.07 Å². The Bertz CT molecular complexity index is 405. The number of ketones is 1. The first-order valence-corrected chi connectivity index (χ1v) is 5.01. The average Bonchev–Trinajstić information content (AvgIpc) is 2.57. The summed E-state index contributed by atoms with van der Waals surface area (Å²) >= 11 is 0. The third-order valence-corrected chi connectivity index (χ3v) is 3.67. The molecule has 0 spiro atoms. The summed E-state index contributed by atoms with van der Waals surface area (Å²) in [6.07, 6.45) is 2.40. The maximum Gasteiger partial charge on any atom is 0.143 e. The van der Waals surface area contributed by atoms with Crippen LogP contribution in [0.25, 0.3) is 0 Å². The van der Waals surface area contributed by atoms with Gasteiger partial charge >= 0.3 is 0 Å². The molecule has 1 aromatic carbocycles. The Kier molecular flexibility index (Phi) is 1.42. The van der Waals surface area contributed by atoms with Gasteiger partial charge in [-0.25, -0.2) is 4.39 Å². The summed E-state index contributed by atoms with van der Waals surface area (Å²) in [5.41, 5.74) is 0.189. The lowest BCUT2D eigenvalue weighted by molar-refractivity contribution is -0.121. The van der Waals surface area contributed by atoms with Crippen LogP contribution in [0, 0.1) is 11.7 Å². The fourth-order valence-corrected chi connectivity index (χ4v) is 2.97. The van der Waals surface area contributed by atoms with Crippen LogP contribution in [0.2, 0.25) is 0 Å². The SMILES string of the molecule is O=C1CC2CC1(c1ccccc1F)C2. The Hall–Kier alpha value is -1.18. The molecule has 3 aliphatic carbocycles. The molecular weight excluding hydrogens is 179 g/mol. The van der Waals surface area contributed by atoms with E-state index in [4.69, 9.17) is 0 Å². The van der Waals surface area contributed by atoms with Gasteiger partial charge < -0.3 is 0 Å². The number of hydrogen-bond donors (Lipinski definition) is 0. The summed E-state index contributed by atoms with van der Waals surface area (Å²) in [4.78, 5) is 11.7. The largest absolute Gasteiger partial charge is 0.299 e. The van der Waals surface area contributed by atoms with Gasteiger partial charge in [0.2, 0.25) is 0 Å². The Morgan fingerprint density at radius 1 is 1.29 bits per heavy atom. The highest BCUT2D eigenvalue weighted by atomic mass is 19.1. The summed E-state index contributed by atoms with van der Waals surface area (Å²) in [6.45, 7) is 0. The molecule has 0 heterocycles. The zero-order valence-electron chi connectivity index (χ0n) is 7.79. The lowest BCUT2D eigenvalue weighted by atomic mass is 9.65. The fourth-order valence-electron chi connectivity index (χ4n) is 2.97. The molecule has 3 fully saturated rings. The summed E-state index contributed by atoms with van der Waals surface area (Å²) < 4.78 is 13.5. The van der Waals surface area contributed by atoms with Gasteiger partial charge in [0.1, 0.15) is 11.6 Å². The molecule has 0 aliphatic heterocycles. The molecule has 0 saturated heterocycles. The quantitative estimate of drug-likeness (QED) is 0.664. The molecule has 0 N–H and O–H groups in total. The maximum atomic E-state index is 13.5. The topological polar surface area (TPSA) is 17.1 Å². The summed E-state index contributed by atoms with van der Waals surface area (Å²) in [6, 6.07) is 6.69. The summed E-state index contributed by atoms with van der Waals surface area (Å²) in [5, 5.41) is 0. The molecule has 1 aromatic rings. The zero-order chi connectivity index (χ0) is 9.76. The van der Waals surface area contributed by atoms with Gasteiger partial charge in [-0.3, -0.25) is 4.79 Å². The van der Waals surface area contributed by atoms with E-state index < -0.39 is 5.41 Å². The molecule has 0 atom stereocenters. The minimum Gasteiger partial charge on any atom is -0.299 e. The third kappa shape index (κ3) is 0.813. The van der Waals surface area contributed by atoms with Crippen molar-refractivity contribution in [2.24, 2.45) is 5.92 Å². The molecule has 1 nitrogen and oxygen atoms in total. The Morgan fingerprint density at radius 3 is 2.57 bits per heavy atom. The molecule has 3 saturated carbocycles. The van der Waals surface area contributed by atoms with Crippen molar-refractivity contribution < 1.29 is 9.18 Å². The normalized spacial score (nSPS) is 34.4. The Balaban J connectivity index is 2.12. The van der Waals surface area contributed by atoms with E-state index in [0.717, 1.165) is 12.8 Å². The van der Waals surface area contributed by atoms with Crippen LogP contribution in [0.15, 0.2) is 24.3 Å². The van der Waals surface area contributed by atoms with Crippen LogP contribution in [-0.4, -0.2) is 5.78 Å². The monoisotopic (exact) mass is 190 g/mol. The van der Waals surface area contributed by atoms with Gasteiger partial charge in [0.05, 0.1) is 5.41 Å². The van der Waals surface area contributed by atoms with Crippen LogP contribution in [-0.2, 0) is 10.2 Å². The van der Waals surface area contributed by atoms with Gasteiger partial charge in [-0.05, 0) is 24.8 Å². The zero-order valence-corrected chi connectivity index (χ0v) is 7.79. The van der Waals surface area contributed by atoms with Crippen molar-refractivity contribution in [3.05, 3.63) is 35.6 Å². The Morgan fingerprint density at radius 2 is 2.00 bits per heavy atom. The number of rotatable bonds is 1. The van der Waals surface area contributed by atoms with Crippen molar-refractivity contribution in [3.8, 4) is 0 Å². The van der Waals surface area contributed by atoms with Crippen molar-refractivity contribution in [1.29, 1.82) is 0 Å². The number of Topliss-reactive ketones (excluding diaryl/α,β-unsaturated/α-hetero) is 1. The van der Waals surface area contributed by atoms with Crippen LogP contribution in [0.1, 0.15) is 24.8 Å². The molecule has 0 aromatic heterocycles. The summed E-state index contributed by atoms with van der Waals surface area (Å²) in [7, 11) is 0. The average molecular weight is 190 g/mol. The smallest absolute Gasteiger partial charge is 0.143 e. The van der Waals surface area contributed by atoms with Crippen molar-refractivity contribution in [3.63, 3.8) is 0 Å². The van der Waals surface area contributed by atoms with Gasteiger partial charge in [-0.2, -0.15) is 0 Å². The standard InChI is InChI=1S/C12H11FO/c13-10-4-2-1-3-9(10)12-6-8(7-12)5-11(12)14/h1-4,8H,5-7H2. The lowest BCUT2D eigenvalue weighted by Gasteiger charge is -2.37. The molecule has 14 heavy (non-hydrogen) atoms. The molecular formula is C12H11FO. The van der Waals surface area contributed by atoms with E-state index in [1.54, 1.807) is 12.1 Å². The van der Waals surface area contributed by atoms with Crippen molar-refractivity contribution in [1.82, 2.24) is 0 Å². The van der Waals surface area contributed by atoms with Gasteiger partial charge in [0.15, 0.2) is 0 Å². The predicted molar refractivity (Wildman–Crippen MR) is 50.4 cm³/mol. The minimum absolute atomic E-state index is 0.221. The van der Waals surface area contributed by atoms with E-state index in [1.807, 2.05) is 6.07 Å². The fraction of sp³-hybridized carbons (Fsp3) is 0.417. The van der Waals surface area contributed by atoms with E-state index >= 15 is 0 Å². The molecule has 4 rings (SSSR count). The molecule has 72 valence electrons. The third-order valence-electron chi connectivity index (χ3n) is 3.67. The number of carbonyl (C=O) groups excluding carboxylic acids is 1. The molecule has 0 amide bonds. The first-order chi connectivity index (χ1) is 6.72. The molecule has 0 radical (unpaired) electrons. The van der Waals surface area contributed by atoms with E-state index in [0.29, 0.717) is 17.9 Å². The summed E-state index contributed by atoms with van der Waals surface area (Å²) in [5.74, 6) is 0.552. The molecule has 0 unspecified atom stereocenters. The van der Waals surface area contributed by atoms with Crippen LogP contribution in [0.3, 0.4) is 0 Å². The number of fused-ring (bicyclic) bond motifs is 1. The number of carbonyl (C=O) groups is 1. The van der Waals surface area contributed by atoms with Crippen molar-refractivity contribution in [2.75, 3.05) is 0 Å². The second kappa shape index (κ2) is 2.44. The molecule has 2 bridgehead atoms. The van der Waals surface area contributed by atoms with Gasteiger partial charge in [0, 0.05) is 12.0 Å². The Labute approximate surface area is 81.9 Å². The number of benzene rings is 1. The van der Waals surface area contributed by atoms with Crippen LogP contribution in [0.5, 0.6) is 0 Å². The first-order valence-electron chi connectivity index (χ1n) is 5.01.